The SMILES string of the molecule is COc1ccc(C(=O)N/C(=C/c2ccc([N+](=O)[O-])cc2)C(=O)Nc2ccc(C)c(F)c2)c(Cl)c1. The van der Waals surface area contributed by atoms with Crippen molar-refractivity contribution < 1.29 is 23.6 Å². The maximum absolute atomic E-state index is 13.9. The molecular formula is C24H19ClFN3O5. The Balaban J connectivity index is 1.93. The number of aryl methyl sites for hydroxylation is 1. The summed E-state index contributed by atoms with van der Waals surface area (Å²) in [4.78, 5) is 36.2. The normalized spacial score (nSPS) is 11.0. The van der Waals surface area contributed by atoms with E-state index in [1.54, 1.807) is 6.92 Å². The summed E-state index contributed by atoms with van der Waals surface area (Å²) in [5, 5.41) is 16.0. The van der Waals surface area contributed by atoms with E-state index in [1.807, 2.05) is 0 Å². The molecule has 0 aliphatic carbocycles. The highest BCUT2D eigenvalue weighted by molar-refractivity contribution is 6.34. The van der Waals surface area contributed by atoms with E-state index in [2.05, 4.69) is 10.6 Å². The largest absolute Gasteiger partial charge is 0.497 e. The number of hydrogen-bond acceptors (Lipinski definition) is 5. The average molecular weight is 484 g/mol. The number of rotatable bonds is 7. The summed E-state index contributed by atoms with van der Waals surface area (Å²) in [7, 11) is 1.45. The maximum atomic E-state index is 13.9. The van der Waals surface area contributed by atoms with Gasteiger partial charge in [0.1, 0.15) is 17.3 Å². The van der Waals surface area contributed by atoms with E-state index in [0.29, 0.717) is 16.9 Å². The van der Waals surface area contributed by atoms with Crippen LogP contribution in [0.3, 0.4) is 0 Å². The van der Waals surface area contributed by atoms with Gasteiger partial charge in [0.15, 0.2) is 0 Å². The first-order valence-corrected chi connectivity index (χ1v) is 10.2. The Hall–Kier alpha value is -4.24. The summed E-state index contributed by atoms with van der Waals surface area (Å²) in [6.07, 6.45) is 1.33. The third kappa shape index (κ3) is 5.96. The number of nitro benzene ring substituents is 1. The number of nitro groups is 1. The van der Waals surface area contributed by atoms with Crippen molar-refractivity contribution in [2.45, 2.75) is 6.92 Å². The number of amides is 2. The van der Waals surface area contributed by atoms with Crippen LogP contribution in [-0.4, -0.2) is 23.8 Å². The molecule has 0 aliphatic rings. The monoisotopic (exact) mass is 483 g/mol. The van der Waals surface area contributed by atoms with Crippen molar-refractivity contribution in [2.75, 3.05) is 12.4 Å². The maximum Gasteiger partial charge on any atom is 0.272 e. The highest BCUT2D eigenvalue weighted by atomic mass is 35.5. The van der Waals surface area contributed by atoms with Crippen LogP contribution in [0.4, 0.5) is 15.8 Å². The Bertz CT molecular complexity index is 1290. The molecule has 0 saturated carbocycles. The van der Waals surface area contributed by atoms with Crippen LogP contribution in [0, 0.1) is 22.9 Å². The van der Waals surface area contributed by atoms with E-state index in [0.717, 1.165) is 6.07 Å². The quantitative estimate of drug-likeness (QED) is 0.275. The number of benzene rings is 3. The molecule has 0 unspecified atom stereocenters. The van der Waals surface area contributed by atoms with Crippen LogP contribution in [0.1, 0.15) is 21.5 Å². The molecule has 3 aromatic carbocycles. The Kier molecular flexibility index (Phi) is 7.60. The number of nitrogens with zero attached hydrogens (tertiary/aromatic N) is 1. The molecular weight excluding hydrogens is 465 g/mol. The number of anilines is 1. The number of carbonyl (C=O) groups excluding carboxylic acids is 2. The van der Waals surface area contributed by atoms with Crippen LogP contribution in [0.15, 0.2) is 66.4 Å². The fourth-order valence-corrected chi connectivity index (χ4v) is 3.14. The van der Waals surface area contributed by atoms with Crippen molar-refractivity contribution >= 4 is 40.9 Å². The number of hydrogen-bond donors (Lipinski definition) is 2. The van der Waals surface area contributed by atoms with Crippen LogP contribution in [-0.2, 0) is 4.79 Å². The number of carbonyl (C=O) groups is 2. The fraction of sp³-hybridized carbons (Fsp3) is 0.0833. The third-order valence-electron chi connectivity index (χ3n) is 4.76. The van der Waals surface area contributed by atoms with Crippen LogP contribution in [0.25, 0.3) is 6.08 Å². The smallest absolute Gasteiger partial charge is 0.272 e. The Labute approximate surface area is 199 Å². The van der Waals surface area contributed by atoms with Crippen LogP contribution < -0.4 is 15.4 Å². The lowest BCUT2D eigenvalue weighted by Gasteiger charge is -2.13. The number of nitrogens with one attached hydrogen (secondary N) is 2. The van der Waals surface area contributed by atoms with E-state index in [-0.39, 0.29) is 27.7 Å². The van der Waals surface area contributed by atoms with Gasteiger partial charge in [0.2, 0.25) is 0 Å². The number of methoxy groups -OCH3 is 1. The average Bonchev–Trinajstić information content (AvgIpc) is 2.81. The summed E-state index contributed by atoms with van der Waals surface area (Å²) in [5.74, 6) is -1.47. The molecule has 0 bridgehead atoms. The zero-order valence-corrected chi connectivity index (χ0v) is 18.9. The minimum absolute atomic E-state index is 0.0891. The molecule has 3 aromatic rings. The summed E-state index contributed by atoms with van der Waals surface area (Å²) < 4.78 is 19.0. The highest BCUT2D eigenvalue weighted by Gasteiger charge is 2.18. The first-order valence-electron chi connectivity index (χ1n) is 9.86. The molecule has 0 fully saturated rings. The third-order valence-corrected chi connectivity index (χ3v) is 5.07. The zero-order chi connectivity index (χ0) is 24.8. The fourth-order valence-electron chi connectivity index (χ4n) is 2.88. The lowest BCUT2D eigenvalue weighted by molar-refractivity contribution is -0.384. The summed E-state index contributed by atoms with van der Waals surface area (Å²) in [5.41, 5.74) is 0.763. The number of non-ortho nitro benzene ring substituents is 1. The summed E-state index contributed by atoms with van der Waals surface area (Å²) >= 11 is 6.17. The lowest BCUT2D eigenvalue weighted by Crippen LogP contribution is -2.31. The van der Waals surface area contributed by atoms with Gasteiger partial charge in [-0.05, 0) is 66.6 Å². The molecule has 34 heavy (non-hydrogen) atoms. The molecule has 10 heteroatoms. The molecule has 0 saturated heterocycles. The van der Waals surface area contributed by atoms with Crippen LogP contribution in [0.5, 0.6) is 5.75 Å². The van der Waals surface area contributed by atoms with Crippen LogP contribution >= 0.6 is 11.6 Å². The summed E-state index contributed by atoms with van der Waals surface area (Å²) in [6, 6.07) is 14.0. The Morgan fingerprint density at radius 3 is 2.38 bits per heavy atom. The topological polar surface area (TPSA) is 111 Å². The zero-order valence-electron chi connectivity index (χ0n) is 18.1. The van der Waals surface area contributed by atoms with Gasteiger partial charge in [-0.25, -0.2) is 4.39 Å². The van der Waals surface area contributed by atoms with E-state index in [9.17, 15) is 24.1 Å². The molecule has 3 rings (SSSR count). The summed E-state index contributed by atoms with van der Waals surface area (Å²) in [6.45, 7) is 1.58. The second-order valence-corrected chi connectivity index (χ2v) is 7.53. The lowest BCUT2D eigenvalue weighted by atomic mass is 10.1. The number of ether oxygens (including phenoxy) is 1. The molecule has 0 radical (unpaired) electrons. The number of halogens is 2. The second-order valence-electron chi connectivity index (χ2n) is 7.12. The van der Waals surface area contributed by atoms with Gasteiger partial charge in [-0.15, -0.1) is 0 Å². The van der Waals surface area contributed by atoms with Crippen LogP contribution in [0.2, 0.25) is 5.02 Å². The van der Waals surface area contributed by atoms with Gasteiger partial charge in [-0.1, -0.05) is 17.7 Å². The first-order chi connectivity index (χ1) is 16.2. The first kappa shape index (κ1) is 24.4. The minimum atomic E-state index is -0.736. The van der Waals surface area contributed by atoms with Crippen molar-refractivity contribution in [3.05, 3.63) is 104 Å². The highest BCUT2D eigenvalue weighted by Crippen LogP contribution is 2.23. The molecule has 0 atom stereocenters. The minimum Gasteiger partial charge on any atom is -0.497 e. The molecule has 174 valence electrons. The molecule has 0 aliphatic heterocycles. The van der Waals surface area contributed by atoms with E-state index >= 15 is 0 Å². The van der Waals surface area contributed by atoms with Crippen molar-refractivity contribution in [1.82, 2.24) is 5.32 Å². The van der Waals surface area contributed by atoms with E-state index in [1.165, 1.54) is 67.8 Å². The van der Waals surface area contributed by atoms with Crippen molar-refractivity contribution in [1.29, 1.82) is 0 Å². The second kappa shape index (κ2) is 10.6. The standard InChI is InChI=1S/C24H19ClFN3O5/c1-14-3-6-16(12-21(14)26)27-24(31)22(11-15-4-7-17(8-5-15)29(32)33)28-23(30)19-10-9-18(34-2)13-20(19)25/h3-13H,1-2H3,(H,27,31)(H,28,30)/b22-11+. The van der Waals surface area contributed by atoms with E-state index < -0.39 is 22.6 Å². The Morgan fingerprint density at radius 1 is 1.09 bits per heavy atom. The molecule has 0 spiro atoms. The van der Waals surface area contributed by atoms with Gasteiger partial charge in [0, 0.05) is 17.8 Å². The van der Waals surface area contributed by atoms with Crippen molar-refractivity contribution in [3.63, 3.8) is 0 Å². The van der Waals surface area contributed by atoms with Gasteiger partial charge in [-0.3, -0.25) is 19.7 Å². The van der Waals surface area contributed by atoms with Crippen molar-refractivity contribution in [2.24, 2.45) is 0 Å². The van der Waals surface area contributed by atoms with Gasteiger partial charge < -0.3 is 15.4 Å². The van der Waals surface area contributed by atoms with Gasteiger partial charge >= 0.3 is 0 Å². The van der Waals surface area contributed by atoms with Gasteiger partial charge in [0.05, 0.1) is 22.6 Å². The molecule has 0 heterocycles. The van der Waals surface area contributed by atoms with Crippen molar-refractivity contribution in [3.8, 4) is 5.75 Å². The Morgan fingerprint density at radius 2 is 1.79 bits per heavy atom. The van der Waals surface area contributed by atoms with Gasteiger partial charge in [-0.2, -0.15) is 0 Å². The predicted octanol–water partition coefficient (Wildman–Crippen LogP) is 5.11. The van der Waals surface area contributed by atoms with E-state index in [4.69, 9.17) is 16.3 Å². The molecule has 2 N–H and O–H groups in total. The van der Waals surface area contributed by atoms with Gasteiger partial charge in [0.25, 0.3) is 17.5 Å². The molecule has 2 amide bonds. The predicted molar refractivity (Wildman–Crippen MR) is 126 cm³/mol. The molecule has 8 nitrogen and oxygen atoms in total. The molecule has 0 aromatic heterocycles.